The van der Waals surface area contributed by atoms with E-state index in [9.17, 15) is 9.59 Å². The van der Waals surface area contributed by atoms with Gasteiger partial charge in [-0.15, -0.1) is 0 Å². The second-order valence-electron chi connectivity index (χ2n) is 7.59. The highest BCUT2D eigenvalue weighted by Gasteiger charge is 2.54. The molecule has 2 N–H and O–H groups in total. The molecule has 0 spiro atoms. The minimum absolute atomic E-state index is 0.142. The number of benzene rings is 2. The Balaban J connectivity index is 1.85. The van der Waals surface area contributed by atoms with Crippen LogP contribution in [0.5, 0.6) is 0 Å². The van der Waals surface area contributed by atoms with Crippen molar-refractivity contribution in [1.29, 1.82) is 0 Å². The number of hydrogen-bond donors (Lipinski definition) is 2. The van der Waals surface area contributed by atoms with Crippen molar-refractivity contribution in [1.82, 2.24) is 5.32 Å². The zero-order valence-corrected chi connectivity index (χ0v) is 17.5. The highest BCUT2D eigenvalue weighted by atomic mass is 35.5. The first-order valence-corrected chi connectivity index (χ1v) is 10.4. The van der Waals surface area contributed by atoms with Crippen molar-refractivity contribution in [2.24, 2.45) is 0 Å². The van der Waals surface area contributed by atoms with Crippen LogP contribution in [-0.2, 0) is 19.9 Å². The van der Waals surface area contributed by atoms with E-state index in [0.29, 0.717) is 22.2 Å². The number of carbonyl (C=O) groups is 2. The maximum absolute atomic E-state index is 13.5. The summed E-state index contributed by atoms with van der Waals surface area (Å²) < 4.78 is 4.86. The molecule has 2 aliphatic rings. The molecule has 1 amide bonds. The van der Waals surface area contributed by atoms with Crippen LogP contribution in [0.3, 0.4) is 0 Å². The predicted molar refractivity (Wildman–Crippen MR) is 113 cm³/mol. The Bertz CT molecular complexity index is 961. The van der Waals surface area contributed by atoms with Crippen LogP contribution in [-0.4, -0.2) is 25.0 Å². The molecule has 1 heterocycles. The van der Waals surface area contributed by atoms with Crippen molar-refractivity contribution in [3.05, 3.63) is 63.6 Å². The lowest BCUT2D eigenvalue weighted by molar-refractivity contribution is -0.141. The van der Waals surface area contributed by atoms with Crippen LogP contribution in [0, 0.1) is 0 Å². The molecule has 29 heavy (non-hydrogen) atoms. The van der Waals surface area contributed by atoms with E-state index in [1.165, 1.54) is 7.11 Å². The van der Waals surface area contributed by atoms with E-state index >= 15 is 0 Å². The van der Waals surface area contributed by atoms with Gasteiger partial charge in [-0.05, 0) is 49.1 Å². The summed E-state index contributed by atoms with van der Waals surface area (Å²) in [4.78, 5) is 25.4. The number of nitrogens with one attached hydrogen (secondary N) is 2. The van der Waals surface area contributed by atoms with Crippen LogP contribution in [0.2, 0.25) is 10.0 Å². The monoisotopic (exact) mass is 432 g/mol. The standard InChI is InChI=1S/C22H22Cl2N2O3/c1-29-20(27)10-9-17(13-3-2-4-14(23)11-13)22(26-16-6-7-16)18-8-5-15(24)12-19(18)25-21(22)28/h2-5,8,11-12,16-17,26H,6-7,9-10H2,1H3,(H,25,28)/t17-,22-/m1/s1. The Labute approximate surface area is 179 Å². The van der Waals surface area contributed by atoms with Gasteiger partial charge in [0.15, 0.2) is 0 Å². The lowest BCUT2D eigenvalue weighted by Gasteiger charge is -2.37. The molecule has 1 aliphatic carbocycles. The third-order valence-electron chi connectivity index (χ3n) is 5.66. The molecule has 0 radical (unpaired) electrons. The number of esters is 1. The van der Waals surface area contributed by atoms with Gasteiger partial charge in [0.2, 0.25) is 5.91 Å². The topological polar surface area (TPSA) is 67.4 Å². The van der Waals surface area contributed by atoms with Gasteiger partial charge in [-0.25, -0.2) is 0 Å². The maximum atomic E-state index is 13.5. The lowest BCUT2D eigenvalue weighted by Crippen LogP contribution is -2.53. The van der Waals surface area contributed by atoms with Crippen molar-refractivity contribution in [3.63, 3.8) is 0 Å². The number of hydrogen-bond acceptors (Lipinski definition) is 4. The summed E-state index contributed by atoms with van der Waals surface area (Å²) in [5.74, 6) is -0.770. The molecule has 7 heteroatoms. The van der Waals surface area contributed by atoms with Gasteiger partial charge < -0.3 is 10.1 Å². The Morgan fingerprint density at radius 3 is 2.69 bits per heavy atom. The Kier molecular flexibility index (Phi) is 5.56. The second-order valence-corrected chi connectivity index (χ2v) is 8.47. The molecule has 0 aromatic heterocycles. The average Bonchev–Trinajstić information content (AvgIpc) is 3.46. The van der Waals surface area contributed by atoms with E-state index in [1.807, 2.05) is 24.3 Å². The molecule has 152 valence electrons. The molecule has 2 aromatic carbocycles. The van der Waals surface area contributed by atoms with Gasteiger partial charge in [0.25, 0.3) is 0 Å². The summed E-state index contributed by atoms with van der Waals surface area (Å²) >= 11 is 12.4. The second kappa shape index (κ2) is 7.98. The number of rotatable bonds is 7. The van der Waals surface area contributed by atoms with E-state index < -0.39 is 5.54 Å². The van der Waals surface area contributed by atoms with Gasteiger partial charge in [0.1, 0.15) is 5.54 Å². The van der Waals surface area contributed by atoms with Gasteiger partial charge in [-0.1, -0.05) is 41.4 Å². The van der Waals surface area contributed by atoms with Gasteiger partial charge in [0, 0.05) is 39.7 Å². The molecule has 2 aromatic rings. The molecule has 5 nitrogen and oxygen atoms in total. The molecule has 1 fully saturated rings. The van der Waals surface area contributed by atoms with Crippen molar-refractivity contribution in [3.8, 4) is 0 Å². The molecular formula is C22H22Cl2N2O3. The molecule has 0 saturated heterocycles. The fourth-order valence-electron chi connectivity index (χ4n) is 4.17. The fraction of sp³-hybridized carbons (Fsp3) is 0.364. The summed E-state index contributed by atoms with van der Waals surface area (Å²) in [5, 5.41) is 7.74. The summed E-state index contributed by atoms with van der Waals surface area (Å²) in [7, 11) is 1.37. The smallest absolute Gasteiger partial charge is 0.305 e. The van der Waals surface area contributed by atoms with Crippen LogP contribution < -0.4 is 10.6 Å². The van der Waals surface area contributed by atoms with E-state index in [0.717, 1.165) is 24.0 Å². The van der Waals surface area contributed by atoms with Crippen molar-refractivity contribution < 1.29 is 14.3 Å². The molecule has 0 unspecified atom stereocenters. The number of amides is 1. The Morgan fingerprint density at radius 2 is 2.00 bits per heavy atom. The Hall–Kier alpha value is -2.08. The van der Waals surface area contributed by atoms with Crippen LogP contribution in [0.15, 0.2) is 42.5 Å². The van der Waals surface area contributed by atoms with Crippen LogP contribution in [0.4, 0.5) is 5.69 Å². The Morgan fingerprint density at radius 1 is 1.24 bits per heavy atom. The highest BCUT2D eigenvalue weighted by molar-refractivity contribution is 6.31. The number of anilines is 1. The number of methoxy groups -OCH3 is 1. The van der Waals surface area contributed by atoms with Gasteiger partial charge in [-0.2, -0.15) is 0 Å². The zero-order chi connectivity index (χ0) is 20.6. The zero-order valence-electron chi connectivity index (χ0n) is 16.0. The molecule has 0 bridgehead atoms. The largest absolute Gasteiger partial charge is 0.469 e. The van der Waals surface area contributed by atoms with Crippen LogP contribution in [0.25, 0.3) is 0 Å². The number of halogens is 2. The van der Waals surface area contributed by atoms with Gasteiger partial charge in [0.05, 0.1) is 7.11 Å². The summed E-state index contributed by atoms with van der Waals surface area (Å²) in [6, 6.07) is 13.2. The minimum Gasteiger partial charge on any atom is -0.469 e. The first-order valence-electron chi connectivity index (χ1n) is 9.65. The predicted octanol–water partition coefficient (Wildman–Crippen LogP) is 4.63. The average molecular weight is 433 g/mol. The number of fused-ring (bicyclic) bond motifs is 1. The number of ether oxygens (including phenoxy) is 1. The summed E-state index contributed by atoms with van der Waals surface area (Å²) in [5.41, 5.74) is 1.42. The van der Waals surface area contributed by atoms with E-state index in [-0.39, 0.29) is 30.3 Å². The molecule has 2 atom stereocenters. The van der Waals surface area contributed by atoms with Crippen LogP contribution in [0.1, 0.15) is 42.7 Å². The SMILES string of the molecule is COC(=O)CC[C@H](c1cccc(Cl)c1)[C@]1(NC2CC2)C(=O)Nc2cc(Cl)ccc21. The third-order valence-corrected chi connectivity index (χ3v) is 6.13. The lowest BCUT2D eigenvalue weighted by atomic mass is 9.72. The van der Waals surface area contributed by atoms with Crippen molar-refractivity contribution in [2.75, 3.05) is 12.4 Å². The van der Waals surface area contributed by atoms with Gasteiger partial charge in [-0.3, -0.25) is 14.9 Å². The van der Waals surface area contributed by atoms with E-state index in [1.54, 1.807) is 18.2 Å². The minimum atomic E-state index is -1.01. The van der Waals surface area contributed by atoms with E-state index in [2.05, 4.69) is 10.6 Å². The molecule has 1 saturated carbocycles. The number of carbonyl (C=O) groups excluding carboxylic acids is 2. The quantitative estimate of drug-likeness (QED) is 0.625. The van der Waals surface area contributed by atoms with E-state index in [4.69, 9.17) is 27.9 Å². The summed E-state index contributed by atoms with van der Waals surface area (Å²) in [6.45, 7) is 0. The molecular weight excluding hydrogens is 411 g/mol. The first-order chi connectivity index (χ1) is 13.9. The third kappa shape index (κ3) is 3.87. The van der Waals surface area contributed by atoms with Gasteiger partial charge >= 0.3 is 5.97 Å². The molecule has 4 rings (SSSR count). The summed E-state index contributed by atoms with van der Waals surface area (Å²) in [6.07, 6.45) is 2.65. The normalized spacial score (nSPS) is 21.4. The fourth-order valence-corrected chi connectivity index (χ4v) is 4.54. The first kappa shape index (κ1) is 20.2. The highest BCUT2D eigenvalue weighted by Crippen LogP contribution is 2.49. The van der Waals surface area contributed by atoms with Crippen molar-refractivity contribution >= 4 is 40.8 Å². The maximum Gasteiger partial charge on any atom is 0.305 e. The van der Waals surface area contributed by atoms with Crippen LogP contribution >= 0.6 is 23.2 Å². The molecule has 1 aliphatic heterocycles. The van der Waals surface area contributed by atoms with Crippen molar-refractivity contribution in [2.45, 2.75) is 43.2 Å².